The number of hydrogen-bond donors (Lipinski definition) is 2. The standard InChI is InChI=1S/C13H18N2O/c1-2-13(16)14-9-11-8-7-10-5-3-4-6-12(10)15-11/h3-6,11,15H,2,7-9H2,1H3,(H,14,16). The van der Waals surface area contributed by atoms with Gasteiger partial charge in [-0.1, -0.05) is 25.1 Å². The van der Waals surface area contributed by atoms with Crippen molar-refractivity contribution in [2.45, 2.75) is 32.2 Å². The van der Waals surface area contributed by atoms with Gasteiger partial charge in [0, 0.05) is 24.7 Å². The van der Waals surface area contributed by atoms with Gasteiger partial charge in [-0.3, -0.25) is 4.79 Å². The molecule has 86 valence electrons. The molecule has 0 radical (unpaired) electrons. The molecule has 1 amide bonds. The highest BCUT2D eigenvalue weighted by molar-refractivity contribution is 5.75. The Bertz CT molecular complexity index is 376. The first-order valence-corrected chi connectivity index (χ1v) is 5.90. The molecule has 1 unspecified atom stereocenters. The van der Waals surface area contributed by atoms with Gasteiger partial charge in [0.25, 0.3) is 0 Å². The molecule has 0 saturated carbocycles. The minimum atomic E-state index is 0.126. The van der Waals surface area contributed by atoms with Crippen LogP contribution in [0, 0.1) is 0 Å². The van der Waals surface area contributed by atoms with E-state index in [0.29, 0.717) is 12.5 Å². The normalized spacial score (nSPS) is 18.4. The Morgan fingerprint density at radius 2 is 2.31 bits per heavy atom. The molecule has 1 heterocycles. The topological polar surface area (TPSA) is 41.1 Å². The lowest BCUT2D eigenvalue weighted by Gasteiger charge is -2.27. The zero-order valence-electron chi connectivity index (χ0n) is 9.62. The third kappa shape index (κ3) is 2.54. The molecule has 1 aliphatic heterocycles. The molecule has 3 heteroatoms. The Labute approximate surface area is 96.2 Å². The van der Waals surface area contributed by atoms with E-state index in [1.165, 1.54) is 11.3 Å². The second-order valence-electron chi connectivity index (χ2n) is 4.19. The maximum atomic E-state index is 11.2. The van der Waals surface area contributed by atoms with Crippen LogP contribution in [0.1, 0.15) is 25.3 Å². The monoisotopic (exact) mass is 218 g/mol. The lowest BCUT2D eigenvalue weighted by molar-refractivity contribution is -0.120. The Morgan fingerprint density at radius 1 is 1.50 bits per heavy atom. The van der Waals surface area contributed by atoms with E-state index in [4.69, 9.17) is 0 Å². The quantitative estimate of drug-likeness (QED) is 0.814. The number of hydrogen-bond acceptors (Lipinski definition) is 2. The molecule has 3 nitrogen and oxygen atoms in total. The van der Waals surface area contributed by atoms with Crippen LogP contribution in [0.15, 0.2) is 24.3 Å². The van der Waals surface area contributed by atoms with Crippen LogP contribution < -0.4 is 10.6 Å². The van der Waals surface area contributed by atoms with Crippen LogP contribution >= 0.6 is 0 Å². The Hall–Kier alpha value is -1.51. The first kappa shape index (κ1) is 11.0. The van der Waals surface area contributed by atoms with Gasteiger partial charge in [0.15, 0.2) is 0 Å². The van der Waals surface area contributed by atoms with E-state index in [-0.39, 0.29) is 5.91 Å². The average molecular weight is 218 g/mol. The molecule has 2 N–H and O–H groups in total. The molecule has 1 atom stereocenters. The number of fused-ring (bicyclic) bond motifs is 1. The SMILES string of the molecule is CCC(=O)NCC1CCc2ccccc2N1. The summed E-state index contributed by atoms with van der Waals surface area (Å²) in [5, 5.41) is 6.39. The lowest BCUT2D eigenvalue weighted by Crippen LogP contribution is -2.38. The number of nitrogens with one attached hydrogen (secondary N) is 2. The Kier molecular flexibility index (Phi) is 3.44. The Morgan fingerprint density at radius 3 is 3.12 bits per heavy atom. The molecule has 0 saturated heterocycles. The van der Waals surface area contributed by atoms with Gasteiger partial charge in [-0.25, -0.2) is 0 Å². The van der Waals surface area contributed by atoms with Gasteiger partial charge < -0.3 is 10.6 Å². The molecule has 1 aliphatic rings. The highest BCUT2D eigenvalue weighted by Gasteiger charge is 2.17. The third-order valence-corrected chi connectivity index (χ3v) is 3.01. The molecule has 0 spiro atoms. The van der Waals surface area contributed by atoms with E-state index in [2.05, 4.69) is 28.8 Å². The number of amides is 1. The summed E-state index contributed by atoms with van der Waals surface area (Å²) in [4.78, 5) is 11.2. The van der Waals surface area contributed by atoms with Gasteiger partial charge in [0.2, 0.25) is 5.91 Å². The van der Waals surface area contributed by atoms with E-state index in [0.717, 1.165) is 19.4 Å². The fourth-order valence-electron chi connectivity index (χ4n) is 2.02. The minimum absolute atomic E-state index is 0.126. The number of benzene rings is 1. The molecule has 2 rings (SSSR count). The largest absolute Gasteiger partial charge is 0.380 e. The summed E-state index contributed by atoms with van der Waals surface area (Å²) in [5.74, 6) is 0.126. The van der Waals surface area contributed by atoms with Crippen molar-refractivity contribution in [2.24, 2.45) is 0 Å². The van der Waals surface area contributed by atoms with E-state index < -0.39 is 0 Å². The summed E-state index contributed by atoms with van der Waals surface area (Å²) in [7, 11) is 0. The fraction of sp³-hybridized carbons (Fsp3) is 0.462. The van der Waals surface area contributed by atoms with Crippen LogP contribution in [0.5, 0.6) is 0 Å². The molecule has 0 aromatic heterocycles. The zero-order chi connectivity index (χ0) is 11.4. The lowest BCUT2D eigenvalue weighted by atomic mass is 9.98. The number of para-hydroxylation sites is 1. The maximum absolute atomic E-state index is 11.2. The summed E-state index contributed by atoms with van der Waals surface area (Å²) < 4.78 is 0. The van der Waals surface area contributed by atoms with Crippen molar-refractivity contribution < 1.29 is 4.79 Å². The van der Waals surface area contributed by atoms with Gasteiger partial charge in [-0.2, -0.15) is 0 Å². The van der Waals surface area contributed by atoms with E-state index >= 15 is 0 Å². The number of aryl methyl sites for hydroxylation is 1. The second-order valence-corrected chi connectivity index (χ2v) is 4.19. The third-order valence-electron chi connectivity index (χ3n) is 3.01. The van der Waals surface area contributed by atoms with Gasteiger partial charge in [-0.15, -0.1) is 0 Å². The van der Waals surface area contributed by atoms with Gasteiger partial charge in [0.05, 0.1) is 0 Å². The zero-order valence-corrected chi connectivity index (χ0v) is 9.62. The molecular formula is C13H18N2O. The minimum Gasteiger partial charge on any atom is -0.380 e. The predicted octanol–water partition coefficient (Wildman–Crippen LogP) is 1.94. The molecule has 1 aromatic carbocycles. The van der Waals surface area contributed by atoms with E-state index in [1.807, 2.05) is 13.0 Å². The molecule has 1 aromatic rings. The van der Waals surface area contributed by atoms with E-state index in [9.17, 15) is 4.79 Å². The van der Waals surface area contributed by atoms with Crippen molar-refractivity contribution in [3.63, 3.8) is 0 Å². The van der Waals surface area contributed by atoms with Crippen LogP contribution in [0.3, 0.4) is 0 Å². The summed E-state index contributed by atoms with van der Waals surface area (Å²) in [6.45, 7) is 2.60. The summed E-state index contributed by atoms with van der Waals surface area (Å²) >= 11 is 0. The van der Waals surface area contributed by atoms with E-state index in [1.54, 1.807) is 0 Å². The smallest absolute Gasteiger partial charge is 0.219 e. The molecular weight excluding hydrogens is 200 g/mol. The van der Waals surface area contributed by atoms with Crippen molar-refractivity contribution in [1.82, 2.24) is 5.32 Å². The summed E-state index contributed by atoms with van der Waals surface area (Å²) in [5.41, 5.74) is 2.59. The predicted molar refractivity (Wildman–Crippen MR) is 65.5 cm³/mol. The van der Waals surface area contributed by atoms with Gasteiger partial charge in [-0.05, 0) is 24.5 Å². The van der Waals surface area contributed by atoms with Crippen molar-refractivity contribution in [2.75, 3.05) is 11.9 Å². The summed E-state index contributed by atoms with van der Waals surface area (Å²) in [6, 6.07) is 8.73. The van der Waals surface area contributed by atoms with Crippen molar-refractivity contribution >= 4 is 11.6 Å². The highest BCUT2D eigenvalue weighted by Crippen LogP contribution is 2.23. The summed E-state index contributed by atoms with van der Waals surface area (Å²) in [6.07, 6.45) is 2.74. The number of carbonyl (C=O) groups excluding carboxylic acids is 1. The average Bonchev–Trinajstić information content (AvgIpc) is 2.35. The van der Waals surface area contributed by atoms with Gasteiger partial charge in [0.1, 0.15) is 0 Å². The fourth-order valence-corrected chi connectivity index (χ4v) is 2.02. The molecule has 0 aliphatic carbocycles. The molecule has 0 fully saturated rings. The first-order chi connectivity index (χ1) is 7.79. The van der Waals surface area contributed by atoms with Gasteiger partial charge >= 0.3 is 0 Å². The first-order valence-electron chi connectivity index (χ1n) is 5.90. The number of rotatable bonds is 3. The van der Waals surface area contributed by atoms with Crippen LogP contribution in [0.25, 0.3) is 0 Å². The highest BCUT2D eigenvalue weighted by atomic mass is 16.1. The maximum Gasteiger partial charge on any atom is 0.219 e. The van der Waals surface area contributed by atoms with Crippen LogP contribution in [0.4, 0.5) is 5.69 Å². The van der Waals surface area contributed by atoms with Crippen LogP contribution in [-0.4, -0.2) is 18.5 Å². The number of anilines is 1. The van der Waals surface area contributed by atoms with Crippen molar-refractivity contribution in [1.29, 1.82) is 0 Å². The molecule has 16 heavy (non-hydrogen) atoms. The second kappa shape index (κ2) is 5.01. The number of carbonyl (C=O) groups is 1. The Balaban J connectivity index is 1.90. The van der Waals surface area contributed by atoms with Crippen molar-refractivity contribution in [3.05, 3.63) is 29.8 Å². The van der Waals surface area contributed by atoms with Crippen LogP contribution in [-0.2, 0) is 11.2 Å². The molecule has 0 bridgehead atoms. The van der Waals surface area contributed by atoms with Crippen molar-refractivity contribution in [3.8, 4) is 0 Å². The van der Waals surface area contributed by atoms with Crippen LogP contribution in [0.2, 0.25) is 0 Å².